The maximum Gasteiger partial charge on any atom is 0.357 e. The fraction of sp³-hybridized carbons (Fsp3) is 0.450. The van der Waals surface area contributed by atoms with Crippen molar-refractivity contribution < 1.29 is 14.3 Å². The number of carbonyl (C=O) groups excluding carboxylic acids is 2. The number of tetrazole rings is 1. The van der Waals surface area contributed by atoms with E-state index in [1.54, 1.807) is 13.0 Å². The van der Waals surface area contributed by atoms with Crippen molar-refractivity contribution in [2.75, 3.05) is 6.61 Å². The number of benzene rings is 1. The van der Waals surface area contributed by atoms with Gasteiger partial charge in [-0.15, -0.1) is 5.10 Å². The third-order valence-corrected chi connectivity index (χ3v) is 4.96. The van der Waals surface area contributed by atoms with Crippen molar-refractivity contribution in [1.29, 1.82) is 0 Å². The second-order valence-corrected chi connectivity index (χ2v) is 7.09. The standard InChI is InChI=1S/C20H25N5O3/c1-14-8-6-7-11-17(14)21-19(26)13-28-20(27)18(25-15(2)22-23-24-25)12-16-9-4-3-5-10-16/h3-5,9-10,12,14,17H,6-8,11,13H2,1-2H3,(H,21,26)/b18-12-/t14-,17-/m0/s1. The maximum absolute atomic E-state index is 12.7. The largest absolute Gasteiger partial charge is 0.451 e. The van der Waals surface area contributed by atoms with Gasteiger partial charge in [0.15, 0.2) is 18.1 Å². The Kier molecular flexibility index (Phi) is 6.52. The molecule has 0 bridgehead atoms. The van der Waals surface area contributed by atoms with Crippen LogP contribution in [-0.4, -0.2) is 44.7 Å². The molecule has 0 radical (unpaired) electrons. The van der Waals surface area contributed by atoms with Gasteiger partial charge in [0.2, 0.25) is 0 Å². The molecule has 28 heavy (non-hydrogen) atoms. The summed E-state index contributed by atoms with van der Waals surface area (Å²) in [5, 5.41) is 14.2. The highest BCUT2D eigenvalue weighted by Crippen LogP contribution is 2.23. The Morgan fingerprint density at radius 3 is 2.68 bits per heavy atom. The van der Waals surface area contributed by atoms with Gasteiger partial charge in [-0.05, 0) is 47.7 Å². The lowest BCUT2D eigenvalue weighted by atomic mass is 9.86. The number of aromatic nitrogens is 4. The summed E-state index contributed by atoms with van der Waals surface area (Å²) in [6.45, 7) is 3.48. The van der Waals surface area contributed by atoms with E-state index in [1.807, 2.05) is 30.3 Å². The summed E-state index contributed by atoms with van der Waals surface area (Å²) in [7, 11) is 0. The van der Waals surface area contributed by atoms with E-state index >= 15 is 0 Å². The molecule has 2 atom stereocenters. The fourth-order valence-electron chi connectivity index (χ4n) is 3.35. The minimum absolute atomic E-state index is 0.140. The number of amides is 1. The molecule has 1 N–H and O–H groups in total. The van der Waals surface area contributed by atoms with E-state index in [9.17, 15) is 9.59 Å². The quantitative estimate of drug-likeness (QED) is 0.607. The number of nitrogens with zero attached hydrogens (tertiary/aromatic N) is 4. The number of nitrogens with one attached hydrogen (secondary N) is 1. The van der Waals surface area contributed by atoms with E-state index in [-0.39, 0.29) is 24.3 Å². The summed E-state index contributed by atoms with van der Waals surface area (Å²) in [6.07, 6.45) is 6.00. The van der Waals surface area contributed by atoms with E-state index < -0.39 is 5.97 Å². The van der Waals surface area contributed by atoms with Crippen LogP contribution < -0.4 is 5.32 Å². The van der Waals surface area contributed by atoms with Gasteiger partial charge in [0.25, 0.3) is 5.91 Å². The minimum atomic E-state index is -0.661. The van der Waals surface area contributed by atoms with Crippen LogP contribution in [0.4, 0.5) is 0 Å². The third-order valence-electron chi connectivity index (χ3n) is 4.96. The molecule has 2 aromatic rings. The van der Waals surface area contributed by atoms with Crippen LogP contribution in [0.15, 0.2) is 30.3 Å². The van der Waals surface area contributed by atoms with Crippen LogP contribution in [0.1, 0.15) is 44.0 Å². The Bertz CT molecular complexity index is 847. The van der Waals surface area contributed by atoms with Crippen LogP contribution in [0, 0.1) is 12.8 Å². The molecule has 1 amide bonds. The van der Waals surface area contributed by atoms with Crippen LogP contribution in [0.5, 0.6) is 0 Å². The molecule has 0 saturated heterocycles. The lowest BCUT2D eigenvalue weighted by Crippen LogP contribution is -2.43. The van der Waals surface area contributed by atoms with Crippen LogP contribution >= 0.6 is 0 Å². The van der Waals surface area contributed by atoms with Crippen molar-refractivity contribution in [1.82, 2.24) is 25.5 Å². The Labute approximate surface area is 164 Å². The Balaban J connectivity index is 1.67. The monoisotopic (exact) mass is 383 g/mol. The molecule has 1 aliphatic carbocycles. The molecule has 1 heterocycles. The molecule has 1 fully saturated rings. The van der Waals surface area contributed by atoms with E-state index in [0.29, 0.717) is 11.7 Å². The lowest BCUT2D eigenvalue weighted by Gasteiger charge is -2.29. The first kappa shape index (κ1) is 19.7. The van der Waals surface area contributed by atoms with Gasteiger partial charge in [-0.1, -0.05) is 50.1 Å². The Morgan fingerprint density at radius 1 is 1.25 bits per heavy atom. The SMILES string of the molecule is Cc1nnnn1/C(=C\c1ccccc1)C(=O)OCC(=O)N[C@H]1CCCC[C@@H]1C. The highest BCUT2D eigenvalue weighted by Gasteiger charge is 2.24. The van der Waals surface area contributed by atoms with Crippen molar-refractivity contribution in [2.24, 2.45) is 5.92 Å². The fourth-order valence-corrected chi connectivity index (χ4v) is 3.35. The summed E-state index contributed by atoms with van der Waals surface area (Å²) < 4.78 is 6.56. The summed E-state index contributed by atoms with van der Waals surface area (Å²) in [5.74, 6) is -0.0730. The number of hydrogen-bond donors (Lipinski definition) is 1. The number of ether oxygens (including phenoxy) is 1. The van der Waals surface area contributed by atoms with Gasteiger partial charge in [-0.2, -0.15) is 4.68 Å². The van der Waals surface area contributed by atoms with Gasteiger partial charge in [-0.25, -0.2) is 4.79 Å². The Morgan fingerprint density at radius 2 is 2.00 bits per heavy atom. The van der Waals surface area contributed by atoms with Gasteiger partial charge in [-0.3, -0.25) is 4.79 Å². The Hall–Kier alpha value is -3.03. The highest BCUT2D eigenvalue weighted by molar-refractivity contribution is 6.15. The molecule has 3 rings (SSSR count). The van der Waals surface area contributed by atoms with Crippen LogP contribution in [0.25, 0.3) is 11.8 Å². The molecule has 0 spiro atoms. The molecule has 1 saturated carbocycles. The van der Waals surface area contributed by atoms with Crippen molar-refractivity contribution in [3.05, 3.63) is 41.7 Å². The predicted octanol–water partition coefficient (Wildman–Crippen LogP) is 2.22. The summed E-state index contributed by atoms with van der Waals surface area (Å²) in [5.41, 5.74) is 0.942. The zero-order valence-corrected chi connectivity index (χ0v) is 16.2. The van der Waals surface area contributed by atoms with E-state index in [2.05, 4.69) is 27.8 Å². The molecule has 8 heteroatoms. The van der Waals surface area contributed by atoms with Gasteiger partial charge < -0.3 is 10.1 Å². The summed E-state index contributed by atoms with van der Waals surface area (Å²) >= 11 is 0. The van der Waals surface area contributed by atoms with Gasteiger partial charge in [0.1, 0.15) is 0 Å². The molecule has 1 aliphatic rings. The maximum atomic E-state index is 12.7. The van der Waals surface area contributed by atoms with Gasteiger partial charge in [0.05, 0.1) is 0 Å². The first-order valence-corrected chi connectivity index (χ1v) is 9.53. The first-order chi connectivity index (χ1) is 13.5. The van der Waals surface area contributed by atoms with Gasteiger partial charge in [0, 0.05) is 6.04 Å². The number of hydrogen-bond acceptors (Lipinski definition) is 6. The summed E-state index contributed by atoms with van der Waals surface area (Å²) in [6, 6.07) is 9.45. The second-order valence-electron chi connectivity index (χ2n) is 7.09. The second kappa shape index (κ2) is 9.25. The van der Waals surface area contributed by atoms with Crippen LogP contribution in [-0.2, 0) is 14.3 Å². The average molecular weight is 383 g/mol. The van der Waals surface area contributed by atoms with Crippen molar-refractivity contribution in [3.8, 4) is 0 Å². The van der Waals surface area contributed by atoms with Crippen molar-refractivity contribution in [2.45, 2.75) is 45.6 Å². The van der Waals surface area contributed by atoms with Crippen molar-refractivity contribution >= 4 is 23.6 Å². The van der Waals surface area contributed by atoms with Gasteiger partial charge >= 0.3 is 5.97 Å². The molecular formula is C20H25N5O3. The number of carbonyl (C=O) groups is 2. The normalized spacial score (nSPS) is 19.9. The number of aryl methyl sites for hydroxylation is 1. The predicted molar refractivity (Wildman–Crippen MR) is 104 cm³/mol. The van der Waals surface area contributed by atoms with E-state index in [1.165, 1.54) is 11.1 Å². The molecule has 0 aliphatic heterocycles. The van der Waals surface area contributed by atoms with Crippen LogP contribution in [0.3, 0.4) is 0 Å². The smallest absolute Gasteiger partial charge is 0.357 e. The third kappa shape index (κ3) is 5.03. The average Bonchev–Trinajstić information content (AvgIpc) is 3.12. The minimum Gasteiger partial charge on any atom is -0.451 e. The zero-order chi connectivity index (χ0) is 19.9. The molecule has 8 nitrogen and oxygen atoms in total. The lowest BCUT2D eigenvalue weighted by molar-refractivity contribution is -0.143. The topological polar surface area (TPSA) is 99.0 Å². The number of rotatable bonds is 6. The summed E-state index contributed by atoms with van der Waals surface area (Å²) in [4.78, 5) is 24.9. The molecule has 1 aromatic heterocycles. The van der Waals surface area contributed by atoms with Crippen LogP contribution in [0.2, 0.25) is 0 Å². The molecule has 1 aromatic carbocycles. The molecule has 148 valence electrons. The van der Waals surface area contributed by atoms with E-state index in [0.717, 1.165) is 24.8 Å². The molecule has 0 unspecified atom stereocenters. The first-order valence-electron chi connectivity index (χ1n) is 9.53. The molecular weight excluding hydrogens is 358 g/mol. The van der Waals surface area contributed by atoms with Crippen molar-refractivity contribution in [3.63, 3.8) is 0 Å². The number of esters is 1. The highest BCUT2D eigenvalue weighted by atomic mass is 16.5. The van der Waals surface area contributed by atoms with E-state index in [4.69, 9.17) is 4.74 Å². The zero-order valence-electron chi connectivity index (χ0n) is 16.2.